The van der Waals surface area contributed by atoms with Gasteiger partial charge in [0.2, 0.25) is 0 Å². The highest BCUT2D eigenvalue weighted by molar-refractivity contribution is 6.30. The van der Waals surface area contributed by atoms with Crippen LogP contribution in [-0.2, 0) is 15.9 Å². The van der Waals surface area contributed by atoms with E-state index < -0.39 is 0 Å². The minimum Gasteiger partial charge on any atom is -0.354 e. The molecule has 18 heavy (non-hydrogen) atoms. The van der Waals surface area contributed by atoms with E-state index in [1.807, 2.05) is 25.1 Å². The molecule has 0 spiro atoms. The van der Waals surface area contributed by atoms with Gasteiger partial charge in [-0.25, -0.2) is 0 Å². The Morgan fingerprint density at radius 1 is 1.22 bits per heavy atom. The van der Waals surface area contributed by atoms with Crippen molar-refractivity contribution in [1.82, 2.24) is 5.32 Å². The first-order chi connectivity index (χ1) is 8.56. The van der Waals surface area contributed by atoms with Crippen LogP contribution in [0.5, 0.6) is 0 Å². The number of halogens is 1. The second kappa shape index (κ2) is 7.74. The first-order valence-electron chi connectivity index (χ1n) is 6.13. The Hall–Kier alpha value is -0.610. The predicted molar refractivity (Wildman–Crippen MR) is 75.0 cm³/mol. The molecule has 0 heterocycles. The third kappa shape index (κ3) is 4.94. The molecule has 0 aromatic heterocycles. The van der Waals surface area contributed by atoms with Gasteiger partial charge in [-0.3, -0.25) is 0 Å². The number of methoxy groups -OCH3 is 2. The van der Waals surface area contributed by atoms with Crippen LogP contribution in [0, 0.1) is 0 Å². The van der Waals surface area contributed by atoms with E-state index in [9.17, 15) is 0 Å². The molecule has 4 heteroatoms. The Bertz CT molecular complexity index is 355. The number of rotatable bonds is 7. The van der Waals surface area contributed by atoms with Crippen LogP contribution in [0.4, 0.5) is 0 Å². The Balaban J connectivity index is 2.48. The third-order valence-electron chi connectivity index (χ3n) is 2.85. The molecule has 2 atom stereocenters. The molecule has 0 fully saturated rings. The van der Waals surface area contributed by atoms with Crippen LogP contribution >= 0.6 is 11.6 Å². The van der Waals surface area contributed by atoms with Crippen molar-refractivity contribution in [3.63, 3.8) is 0 Å². The molecule has 102 valence electrons. The third-order valence-corrected chi connectivity index (χ3v) is 3.09. The molecule has 1 rings (SSSR count). The first-order valence-corrected chi connectivity index (χ1v) is 6.50. The zero-order valence-electron chi connectivity index (χ0n) is 11.4. The molecular formula is C14H22ClNO2. The fraction of sp³-hybridized carbons (Fsp3) is 0.571. The molecule has 0 radical (unpaired) electrons. The van der Waals surface area contributed by atoms with Crippen LogP contribution in [0.2, 0.25) is 5.02 Å². The van der Waals surface area contributed by atoms with Gasteiger partial charge in [-0.05, 0) is 38.0 Å². The van der Waals surface area contributed by atoms with Gasteiger partial charge >= 0.3 is 0 Å². The Morgan fingerprint density at radius 3 is 2.44 bits per heavy atom. The van der Waals surface area contributed by atoms with E-state index in [4.69, 9.17) is 21.1 Å². The Morgan fingerprint density at radius 2 is 1.89 bits per heavy atom. The number of nitrogens with one attached hydrogen (secondary N) is 1. The summed E-state index contributed by atoms with van der Waals surface area (Å²) in [5.74, 6) is 0. The lowest BCUT2D eigenvalue weighted by molar-refractivity contribution is -0.120. The molecule has 0 bridgehead atoms. The first kappa shape index (κ1) is 15.4. The van der Waals surface area contributed by atoms with E-state index in [-0.39, 0.29) is 12.3 Å². The second-order valence-electron chi connectivity index (χ2n) is 4.53. The van der Waals surface area contributed by atoms with Gasteiger partial charge in [-0.15, -0.1) is 0 Å². The summed E-state index contributed by atoms with van der Waals surface area (Å²) in [6.07, 6.45) is 0.692. The van der Waals surface area contributed by atoms with E-state index in [0.717, 1.165) is 11.4 Å². The van der Waals surface area contributed by atoms with Gasteiger partial charge < -0.3 is 14.8 Å². The topological polar surface area (TPSA) is 30.5 Å². The van der Waals surface area contributed by atoms with Crippen LogP contribution in [-0.4, -0.2) is 32.6 Å². The van der Waals surface area contributed by atoms with Crippen molar-refractivity contribution < 1.29 is 9.47 Å². The normalized spacial score (nSPS) is 14.8. The van der Waals surface area contributed by atoms with Crippen LogP contribution in [0.3, 0.4) is 0 Å². The van der Waals surface area contributed by atoms with Crippen molar-refractivity contribution in [3.05, 3.63) is 34.9 Å². The summed E-state index contributed by atoms with van der Waals surface area (Å²) in [5.41, 5.74) is 1.22. The Labute approximate surface area is 114 Å². The number of hydrogen-bond donors (Lipinski definition) is 1. The van der Waals surface area contributed by atoms with E-state index in [1.54, 1.807) is 14.2 Å². The van der Waals surface area contributed by atoms with Crippen molar-refractivity contribution in [2.75, 3.05) is 14.2 Å². The van der Waals surface area contributed by atoms with E-state index >= 15 is 0 Å². The van der Waals surface area contributed by atoms with E-state index in [0.29, 0.717) is 6.04 Å². The highest BCUT2D eigenvalue weighted by Gasteiger charge is 2.17. The average Bonchev–Trinajstić information content (AvgIpc) is 2.30. The SMILES string of the molecule is COC(OC)C(C)NC(C)Cc1cccc(Cl)c1. The van der Waals surface area contributed by atoms with Crippen molar-refractivity contribution in [3.8, 4) is 0 Å². The van der Waals surface area contributed by atoms with Crippen LogP contribution in [0.15, 0.2) is 24.3 Å². The zero-order chi connectivity index (χ0) is 13.5. The van der Waals surface area contributed by atoms with Crippen LogP contribution in [0.1, 0.15) is 19.4 Å². The quantitative estimate of drug-likeness (QED) is 0.774. The lowest BCUT2D eigenvalue weighted by Crippen LogP contribution is -2.44. The summed E-state index contributed by atoms with van der Waals surface area (Å²) >= 11 is 5.97. The maximum atomic E-state index is 5.97. The summed E-state index contributed by atoms with van der Waals surface area (Å²) in [6, 6.07) is 8.40. The average molecular weight is 272 g/mol. The minimum atomic E-state index is -0.230. The van der Waals surface area contributed by atoms with Crippen molar-refractivity contribution in [2.24, 2.45) is 0 Å². The van der Waals surface area contributed by atoms with E-state index in [2.05, 4.69) is 18.3 Å². The van der Waals surface area contributed by atoms with Gasteiger partial charge in [0.1, 0.15) is 0 Å². The summed E-state index contributed by atoms with van der Waals surface area (Å²) < 4.78 is 10.5. The van der Waals surface area contributed by atoms with Gasteiger partial charge in [0.25, 0.3) is 0 Å². The molecule has 0 aliphatic heterocycles. The van der Waals surface area contributed by atoms with E-state index in [1.165, 1.54) is 5.56 Å². The second-order valence-corrected chi connectivity index (χ2v) is 4.97. The number of benzene rings is 1. The number of ether oxygens (including phenoxy) is 2. The van der Waals surface area contributed by atoms with Crippen LogP contribution in [0.25, 0.3) is 0 Å². The molecule has 3 nitrogen and oxygen atoms in total. The molecule has 0 saturated heterocycles. The van der Waals surface area contributed by atoms with Gasteiger partial charge in [0.05, 0.1) is 6.04 Å². The monoisotopic (exact) mass is 271 g/mol. The largest absolute Gasteiger partial charge is 0.354 e. The fourth-order valence-electron chi connectivity index (χ4n) is 2.11. The van der Waals surface area contributed by atoms with Gasteiger partial charge in [-0.1, -0.05) is 23.7 Å². The fourth-order valence-corrected chi connectivity index (χ4v) is 2.32. The molecule has 2 unspecified atom stereocenters. The molecule has 1 aromatic carbocycles. The maximum Gasteiger partial charge on any atom is 0.171 e. The summed E-state index contributed by atoms with van der Waals surface area (Å²) in [4.78, 5) is 0. The zero-order valence-corrected chi connectivity index (χ0v) is 12.2. The smallest absolute Gasteiger partial charge is 0.171 e. The molecule has 0 amide bonds. The molecule has 1 N–H and O–H groups in total. The van der Waals surface area contributed by atoms with Crippen molar-refractivity contribution >= 4 is 11.6 Å². The van der Waals surface area contributed by atoms with Crippen molar-refractivity contribution in [1.29, 1.82) is 0 Å². The predicted octanol–water partition coefficient (Wildman–Crippen LogP) is 2.87. The van der Waals surface area contributed by atoms with Crippen molar-refractivity contribution in [2.45, 2.75) is 38.6 Å². The summed E-state index contributed by atoms with van der Waals surface area (Å²) in [6.45, 7) is 4.19. The van der Waals surface area contributed by atoms with Gasteiger partial charge in [-0.2, -0.15) is 0 Å². The maximum absolute atomic E-state index is 5.97. The summed E-state index contributed by atoms with van der Waals surface area (Å²) in [5, 5.41) is 4.23. The highest BCUT2D eigenvalue weighted by Crippen LogP contribution is 2.12. The van der Waals surface area contributed by atoms with Gasteiger partial charge in [0.15, 0.2) is 6.29 Å². The Kier molecular flexibility index (Phi) is 6.65. The van der Waals surface area contributed by atoms with Gasteiger partial charge in [0, 0.05) is 25.3 Å². The molecule has 0 aliphatic rings. The lowest BCUT2D eigenvalue weighted by atomic mass is 10.1. The molecule has 1 aromatic rings. The molecule has 0 saturated carbocycles. The minimum absolute atomic E-state index is 0.134. The lowest BCUT2D eigenvalue weighted by Gasteiger charge is -2.25. The number of hydrogen-bond acceptors (Lipinski definition) is 3. The molecule has 0 aliphatic carbocycles. The summed E-state index contributed by atoms with van der Waals surface area (Å²) in [7, 11) is 3.29. The van der Waals surface area contributed by atoms with Crippen LogP contribution < -0.4 is 5.32 Å². The highest BCUT2D eigenvalue weighted by atomic mass is 35.5. The standard InChI is InChI=1S/C14H22ClNO2/c1-10(16-11(2)14(17-3)18-4)8-12-6-5-7-13(15)9-12/h5-7,9-11,14,16H,8H2,1-4H3. The molecular weight excluding hydrogens is 250 g/mol.